The van der Waals surface area contributed by atoms with Crippen molar-refractivity contribution in [1.29, 1.82) is 0 Å². The molecule has 0 bridgehead atoms. The predicted octanol–water partition coefficient (Wildman–Crippen LogP) is 5.03. The Hall–Kier alpha value is -1.69. The predicted molar refractivity (Wildman–Crippen MR) is 117 cm³/mol. The van der Waals surface area contributed by atoms with Crippen LogP contribution in [0.15, 0.2) is 53.4 Å². The Morgan fingerprint density at radius 3 is 2.29 bits per heavy atom. The van der Waals surface area contributed by atoms with Crippen molar-refractivity contribution in [3.63, 3.8) is 0 Å². The highest BCUT2D eigenvalue weighted by molar-refractivity contribution is 7.99. The summed E-state index contributed by atoms with van der Waals surface area (Å²) >= 11 is 14.2. The number of thioether (sulfide) groups is 1. The van der Waals surface area contributed by atoms with Gasteiger partial charge in [0.1, 0.15) is 6.04 Å². The molecule has 7 heteroatoms. The van der Waals surface area contributed by atoms with E-state index in [0.29, 0.717) is 34.2 Å². The molecule has 0 aliphatic heterocycles. The summed E-state index contributed by atoms with van der Waals surface area (Å²) in [5.41, 5.74) is 0.650. The Bertz CT molecular complexity index is 782. The molecule has 0 spiro atoms. The maximum Gasteiger partial charge on any atom is 0.242 e. The van der Waals surface area contributed by atoms with Crippen LogP contribution in [0.4, 0.5) is 0 Å². The first kappa shape index (κ1) is 22.6. The van der Waals surface area contributed by atoms with E-state index in [2.05, 4.69) is 5.32 Å². The van der Waals surface area contributed by atoms with Crippen LogP contribution >= 0.6 is 35.0 Å². The van der Waals surface area contributed by atoms with E-state index in [9.17, 15) is 9.59 Å². The molecule has 0 radical (unpaired) electrons. The first-order chi connectivity index (χ1) is 13.5. The summed E-state index contributed by atoms with van der Waals surface area (Å²) in [6.45, 7) is 2.08. The Morgan fingerprint density at radius 1 is 1.07 bits per heavy atom. The van der Waals surface area contributed by atoms with Crippen LogP contribution in [-0.2, 0) is 16.1 Å². The molecule has 2 amide bonds. The molecule has 0 unspecified atom stereocenters. The number of halogens is 2. The van der Waals surface area contributed by atoms with Gasteiger partial charge in [-0.3, -0.25) is 9.59 Å². The number of carbonyl (C=O) groups excluding carboxylic acids is 2. The van der Waals surface area contributed by atoms with Crippen LogP contribution in [0.3, 0.4) is 0 Å². The fourth-order valence-electron chi connectivity index (χ4n) is 2.86. The molecule has 2 aromatic rings. The van der Waals surface area contributed by atoms with Crippen molar-refractivity contribution < 1.29 is 9.59 Å². The number of nitrogens with one attached hydrogen (secondary N) is 1. The van der Waals surface area contributed by atoms with Gasteiger partial charge in [0.15, 0.2) is 0 Å². The highest BCUT2D eigenvalue weighted by atomic mass is 35.5. The third-order valence-electron chi connectivity index (χ3n) is 4.35. The zero-order valence-electron chi connectivity index (χ0n) is 16.0. The van der Waals surface area contributed by atoms with Gasteiger partial charge in [-0.25, -0.2) is 0 Å². The van der Waals surface area contributed by atoms with Crippen LogP contribution in [0.5, 0.6) is 0 Å². The molecule has 4 nitrogen and oxygen atoms in total. The molecule has 2 aromatic carbocycles. The lowest BCUT2D eigenvalue weighted by Gasteiger charge is -2.31. The Balaban J connectivity index is 2.17. The minimum absolute atomic E-state index is 0.102. The second kappa shape index (κ2) is 11.3. The largest absolute Gasteiger partial charge is 0.357 e. The van der Waals surface area contributed by atoms with Crippen molar-refractivity contribution in [1.82, 2.24) is 10.2 Å². The molecule has 0 aliphatic carbocycles. The highest BCUT2D eigenvalue weighted by Crippen LogP contribution is 2.27. The highest BCUT2D eigenvalue weighted by Gasteiger charge is 2.28. The van der Waals surface area contributed by atoms with E-state index >= 15 is 0 Å². The number of hydrogen-bond donors (Lipinski definition) is 1. The van der Waals surface area contributed by atoms with Crippen LogP contribution < -0.4 is 5.32 Å². The molecule has 2 rings (SSSR count). The second-order valence-corrected chi connectivity index (χ2v) is 8.15. The van der Waals surface area contributed by atoms with Crippen LogP contribution in [-0.4, -0.2) is 35.6 Å². The van der Waals surface area contributed by atoms with Crippen molar-refractivity contribution in [3.05, 3.63) is 64.1 Å². The lowest BCUT2D eigenvalue weighted by atomic mass is 10.1. The Kier molecular flexibility index (Phi) is 9.16. The van der Waals surface area contributed by atoms with Crippen LogP contribution in [0.1, 0.15) is 25.3 Å². The number of nitrogens with zero attached hydrogens (tertiary/aromatic N) is 1. The summed E-state index contributed by atoms with van der Waals surface area (Å²) in [6.07, 6.45) is 0.814. The minimum atomic E-state index is -0.577. The first-order valence-corrected chi connectivity index (χ1v) is 10.8. The van der Waals surface area contributed by atoms with Gasteiger partial charge in [0.2, 0.25) is 11.8 Å². The Labute approximate surface area is 180 Å². The topological polar surface area (TPSA) is 49.4 Å². The zero-order valence-corrected chi connectivity index (χ0v) is 18.3. The van der Waals surface area contributed by atoms with E-state index in [-0.39, 0.29) is 18.4 Å². The molecule has 150 valence electrons. The smallest absolute Gasteiger partial charge is 0.242 e. The average Bonchev–Trinajstić information content (AvgIpc) is 2.70. The maximum absolute atomic E-state index is 13.0. The second-order valence-electron chi connectivity index (χ2n) is 6.17. The van der Waals surface area contributed by atoms with E-state index in [4.69, 9.17) is 23.2 Å². The summed E-state index contributed by atoms with van der Waals surface area (Å²) in [5.74, 6) is 0.323. The van der Waals surface area contributed by atoms with Gasteiger partial charge in [-0.05, 0) is 30.7 Å². The van der Waals surface area contributed by atoms with E-state index in [1.165, 1.54) is 0 Å². The number of hydrogen-bond acceptors (Lipinski definition) is 3. The molecule has 0 saturated heterocycles. The monoisotopic (exact) mass is 438 g/mol. The number of amides is 2. The third-order valence-corrected chi connectivity index (χ3v) is 6.07. The summed E-state index contributed by atoms with van der Waals surface area (Å²) in [4.78, 5) is 28.1. The molecule has 0 fully saturated rings. The number of carbonyl (C=O) groups is 2. The van der Waals surface area contributed by atoms with Gasteiger partial charge in [0.25, 0.3) is 0 Å². The van der Waals surface area contributed by atoms with Gasteiger partial charge < -0.3 is 10.2 Å². The van der Waals surface area contributed by atoms with Gasteiger partial charge in [0.05, 0.1) is 0 Å². The fourth-order valence-corrected chi connectivity index (χ4v) is 4.24. The van der Waals surface area contributed by atoms with Crippen LogP contribution in [0, 0.1) is 0 Å². The molecule has 0 heterocycles. The fraction of sp³-hybridized carbons (Fsp3) is 0.333. The Morgan fingerprint density at radius 2 is 1.71 bits per heavy atom. The third kappa shape index (κ3) is 6.16. The standard InChI is InChI=1S/C21H24Cl2N2O2S/c1-3-19(21(27)24-2)25(14-16-17(22)10-7-11-18(16)23)20(26)12-13-28-15-8-5-4-6-9-15/h4-11,19H,3,12-14H2,1-2H3,(H,24,27)/t19-/m0/s1. The van der Waals surface area contributed by atoms with Crippen molar-refractivity contribution >= 4 is 46.8 Å². The lowest BCUT2D eigenvalue weighted by molar-refractivity contribution is -0.140. The van der Waals surface area contributed by atoms with Gasteiger partial charge >= 0.3 is 0 Å². The van der Waals surface area contributed by atoms with Crippen LogP contribution in [0.25, 0.3) is 0 Å². The van der Waals surface area contributed by atoms with E-state index in [1.54, 1.807) is 41.9 Å². The quantitative estimate of drug-likeness (QED) is 0.558. The van der Waals surface area contributed by atoms with Gasteiger partial charge in [0, 0.05) is 46.3 Å². The van der Waals surface area contributed by atoms with E-state index in [1.807, 2.05) is 37.3 Å². The normalized spacial score (nSPS) is 11.7. The molecule has 28 heavy (non-hydrogen) atoms. The molecule has 0 aromatic heterocycles. The summed E-state index contributed by atoms with van der Waals surface area (Å²) in [5, 5.41) is 3.61. The van der Waals surface area contributed by atoms with Crippen molar-refractivity contribution in [2.24, 2.45) is 0 Å². The van der Waals surface area contributed by atoms with E-state index < -0.39 is 6.04 Å². The van der Waals surface area contributed by atoms with Gasteiger partial charge in [-0.2, -0.15) is 0 Å². The van der Waals surface area contributed by atoms with Crippen molar-refractivity contribution in [3.8, 4) is 0 Å². The average molecular weight is 439 g/mol. The number of likely N-dealkylation sites (N-methyl/N-ethyl adjacent to an activating group) is 1. The molecular formula is C21H24Cl2N2O2S. The van der Waals surface area contributed by atoms with Gasteiger partial charge in [-0.1, -0.05) is 54.4 Å². The van der Waals surface area contributed by atoms with Gasteiger partial charge in [-0.15, -0.1) is 11.8 Å². The molecule has 0 saturated carbocycles. The molecule has 1 atom stereocenters. The molecular weight excluding hydrogens is 415 g/mol. The minimum Gasteiger partial charge on any atom is -0.357 e. The summed E-state index contributed by atoms with van der Waals surface area (Å²) in [7, 11) is 1.57. The van der Waals surface area contributed by atoms with Crippen LogP contribution in [0.2, 0.25) is 10.0 Å². The molecule has 1 N–H and O–H groups in total. The van der Waals surface area contributed by atoms with Crippen molar-refractivity contribution in [2.75, 3.05) is 12.8 Å². The zero-order chi connectivity index (χ0) is 20.5. The van der Waals surface area contributed by atoms with Crippen molar-refractivity contribution in [2.45, 2.75) is 37.2 Å². The maximum atomic E-state index is 13.0. The number of benzene rings is 2. The molecule has 0 aliphatic rings. The van der Waals surface area contributed by atoms with E-state index in [0.717, 1.165) is 4.90 Å². The number of rotatable bonds is 9. The summed E-state index contributed by atoms with van der Waals surface area (Å²) in [6, 6.07) is 14.6. The first-order valence-electron chi connectivity index (χ1n) is 9.09. The SMILES string of the molecule is CC[C@@H](C(=O)NC)N(Cc1c(Cl)cccc1Cl)C(=O)CCSc1ccccc1. The lowest BCUT2D eigenvalue weighted by Crippen LogP contribution is -2.48. The summed E-state index contributed by atoms with van der Waals surface area (Å²) < 4.78 is 0.